The van der Waals surface area contributed by atoms with Gasteiger partial charge >= 0.3 is 5.97 Å². The number of allylic oxidation sites excluding steroid dienone is 1. The maximum Gasteiger partial charge on any atom is 0.306 e. The molecule has 2 bridgehead atoms. The summed E-state index contributed by atoms with van der Waals surface area (Å²) in [5.41, 5.74) is 8.78. The van der Waals surface area contributed by atoms with E-state index >= 15 is 0 Å². The van der Waals surface area contributed by atoms with Crippen molar-refractivity contribution in [1.29, 1.82) is 0 Å². The highest BCUT2D eigenvalue weighted by molar-refractivity contribution is 6.02. The van der Waals surface area contributed by atoms with Crippen LogP contribution in [0.4, 0.5) is 0 Å². The Balaban J connectivity index is 0.893. The number of aliphatic imine (C=N–C) groups is 1. The van der Waals surface area contributed by atoms with Gasteiger partial charge in [0.2, 0.25) is 11.8 Å². The second-order valence-electron chi connectivity index (χ2n) is 16.3. The van der Waals surface area contributed by atoms with Gasteiger partial charge in [0.15, 0.2) is 0 Å². The summed E-state index contributed by atoms with van der Waals surface area (Å²) >= 11 is 0. The van der Waals surface area contributed by atoms with Crippen molar-refractivity contribution >= 4 is 29.1 Å². The molecule has 1 aromatic heterocycles. The van der Waals surface area contributed by atoms with Crippen LogP contribution >= 0.6 is 0 Å². The lowest BCUT2D eigenvalue weighted by Gasteiger charge is -2.31. The third-order valence-corrected chi connectivity index (χ3v) is 13.1. The summed E-state index contributed by atoms with van der Waals surface area (Å²) in [5, 5.41) is 3.34. The molecule has 0 spiro atoms. The summed E-state index contributed by atoms with van der Waals surface area (Å²) in [4.78, 5) is 54.6. The van der Waals surface area contributed by atoms with Crippen molar-refractivity contribution in [3.05, 3.63) is 108 Å². The number of esters is 1. The van der Waals surface area contributed by atoms with Gasteiger partial charge in [-0.05, 0) is 91.2 Å². The molecule has 3 aromatic carbocycles. The Morgan fingerprint density at radius 3 is 2.26 bits per heavy atom. The van der Waals surface area contributed by atoms with Gasteiger partial charge in [0.25, 0.3) is 0 Å². The number of amides is 2. The van der Waals surface area contributed by atoms with Crippen LogP contribution in [0.1, 0.15) is 87.8 Å². The molecule has 2 aliphatic carbocycles. The van der Waals surface area contributed by atoms with Crippen LogP contribution in [-0.2, 0) is 23.9 Å². The zero-order valence-electron chi connectivity index (χ0n) is 33.3. The molecule has 8 rings (SSSR count). The van der Waals surface area contributed by atoms with E-state index in [9.17, 15) is 14.4 Å². The minimum absolute atomic E-state index is 0.0104. The molecule has 0 radical (unpaired) electrons. The van der Waals surface area contributed by atoms with Crippen LogP contribution in [0.25, 0.3) is 28.0 Å². The number of hydrogen-bond acceptors (Lipinski definition) is 7. The van der Waals surface area contributed by atoms with Crippen LogP contribution in [0.5, 0.6) is 0 Å². The molecule has 10 heteroatoms. The van der Waals surface area contributed by atoms with Gasteiger partial charge in [-0.3, -0.25) is 19.4 Å². The van der Waals surface area contributed by atoms with E-state index in [-0.39, 0.29) is 42.2 Å². The molecule has 3 unspecified atom stereocenters. The number of imidazole rings is 1. The number of carbonyl (C=O) groups excluding carboxylic acids is 3. The Kier molecular flexibility index (Phi) is 11.2. The summed E-state index contributed by atoms with van der Waals surface area (Å²) in [7, 11) is 2.88. The number of fused-ring (bicyclic) bond motifs is 2. The van der Waals surface area contributed by atoms with Crippen LogP contribution in [0.15, 0.2) is 96.3 Å². The molecule has 296 valence electrons. The van der Waals surface area contributed by atoms with Gasteiger partial charge in [-0.15, -0.1) is 0 Å². The molecule has 10 nitrogen and oxygen atoms in total. The number of nitrogens with zero attached hydrogens (tertiary/aromatic N) is 3. The highest BCUT2D eigenvalue weighted by Gasteiger charge is 2.53. The van der Waals surface area contributed by atoms with Gasteiger partial charge in [-0.1, -0.05) is 78.9 Å². The monoisotopic (exact) mass is 767 g/mol. The number of methoxy groups -OCH3 is 2. The van der Waals surface area contributed by atoms with E-state index < -0.39 is 18.0 Å². The van der Waals surface area contributed by atoms with E-state index in [1.807, 2.05) is 42.4 Å². The molecule has 2 aliphatic heterocycles. The van der Waals surface area contributed by atoms with E-state index in [1.165, 1.54) is 24.8 Å². The number of nitrogens with one attached hydrogen (secondary N) is 2. The molecule has 57 heavy (non-hydrogen) atoms. The number of aromatic nitrogens is 2. The van der Waals surface area contributed by atoms with E-state index in [1.54, 1.807) is 7.11 Å². The number of carbonyl (C=O) groups is 3. The smallest absolute Gasteiger partial charge is 0.306 e. The quantitative estimate of drug-likeness (QED) is 0.132. The first-order valence-corrected chi connectivity index (χ1v) is 20.5. The molecular formula is C47H53N5O5. The third kappa shape index (κ3) is 7.84. The van der Waals surface area contributed by atoms with E-state index in [4.69, 9.17) is 19.5 Å². The Bertz CT molecular complexity index is 2140. The first-order chi connectivity index (χ1) is 27.7. The van der Waals surface area contributed by atoms with Crippen molar-refractivity contribution in [3.63, 3.8) is 0 Å². The minimum atomic E-state index is -0.631. The lowest BCUT2D eigenvalue weighted by atomic mass is 9.74. The maximum absolute atomic E-state index is 13.8. The summed E-state index contributed by atoms with van der Waals surface area (Å²) in [5.74, 6) is 0.902. The summed E-state index contributed by atoms with van der Waals surface area (Å²) in [6.45, 7) is 4.48. The lowest BCUT2D eigenvalue weighted by molar-refractivity contribution is -0.151. The normalized spacial score (nSPS) is 24.1. The number of rotatable bonds is 13. The fourth-order valence-electron chi connectivity index (χ4n) is 9.89. The highest BCUT2D eigenvalue weighted by atomic mass is 16.5. The molecule has 2 saturated carbocycles. The molecule has 1 saturated heterocycles. The average Bonchev–Trinajstić information content (AvgIpc) is 4.11. The summed E-state index contributed by atoms with van der Waals surface area (Å²) in [6, 6.07) is 27.1. The molecule has 3 heterocycles. The van der Waals surface area contributed by atoms with Gasteiger partial charge in [0.05, 0.1) is 49.5 Å². The van der Waals surface area contributed by atoms with E-state index in [0.717, 1.165) is 71.4 Å². The van der Waals surface area contributed by atoms with Crippen molar-refractivity contribution in [2.45, 2.75) is 77.0 Å². The number of hydrogen-bond donors (Lipinski definition) is 2. The maximum atomic E-state index is 13.8. The number of aromatic amines is 1. The number of likely N-dealkylation sites (tertiary alicyclic amines) is 1. The van der Waals surface area contributed by atoms with Crippen molar-refractivity contribution in [2.24, 2.45) is 34.6 Å². The first kappa shape index (κ1) is 38.5. The fourth-order valence-corrected chi connectivity index (χ4v) is 9.89. The second-order valence-corrected chi connectivity index (χ2v) is 16.3. The van der Waals surface area contributed by atoms with Crippen molar-refractivity contribution in [3.8, 4) is 22.4 Å². The zero-order valence-corrected chi connectivity index (χ0v) is 33.3. The Morgan fingerprint density at radius 2 is 1.56 bits per heavy atom. The van der Waals surface area contributed by atoms with Crippen LogP contribution in [-0.4, -0.2) is 65.2 Å². The summed E-state index contributed by atoms with van der Waals surface area (Å²) < 4.78 is 10.3. The van der Waals surface area contributed by atoms with Crippen molar-refractivity contribution < 1.29 is 23.9 Å². The SMILES string of the molecule is COC(=O)C[C@H](C(=O)N1CCC[C@H]1c1ncc(-c2ccc(-c3ccc(C4=CN=C(C5C6CCC(C6)[C@H]5C(=O)N[C@@H](C)c5ccccc5)C4)cc3)cc2)[nH]1)[C@@H](C)OC. The number of benzene rings is 3. The topological polar surface area (TPSA) is 126 Å². The Labute approximate surface area is 335 Å². The predicted octanol–water partition coefficient (Wildman–Crippen LogP) is 8.35. The fraction of sp³-hybridized carbons (Fsp3) is 0.426. The molecular weight excluding hydrogens is 715 g/mol. The van der Waals surface area contributed by atoms with Gasteiger partial charge in [0, 0.05) is 43.8 Å². The number of ether oxygens (including phenoxy) is 2. The highest BCUT2D eigenvalue weighted by Crippen LogP contribution is 2.54. The van der Waals surface area contributed by atoms with Crippen LogP contribution in [0, 0.1) is 29.6 Å². The van der Waals surface area contributed by atoms with Gasteiger partial charge in [-0.2, -0.15) is 0 Å². The van der Waals surface area contributed by atoms with Gasteiger partial charge < -0.3 is 24.7 Å². The van der Waals surface area contributed by atoms with Crippen LogP contribution in [0.2, 0.25) is 0 Å². The minimum Gasteiger partial charge on any atom is -0.469 e. The van der Waals surface area contributed by atoms with Crippen molar-refractivity contribution in [2.75, 3.05) is 20.8 Å². The molecule has 3 fully saturated rings. The average molecular weight is 768 g/mol. The molecule has 4 aliphatic rings. The van der Waals surface area contributed by atoms with Crippen molar-refractivity contribution in [1.82, 2.24) is 20.2 Å². The summed E-state index contributed by atoms with van der Waals surface area (Å²) in [6.07, 6.45) is 9.27. The molecule has 2 amide bonds. The molecule has 4 aromatic rings. The van der Waals surface area contributed by atoms with E-state index in [2.05, 4.69) is 77.9 Å². The third-order valence-electron chi connectivity index (χ3n) is 13.1. The van der Waals surface area contributed by atoms with E-state index in [0.29, 0.717) is 18.4 Å². The Morgan fingerprint density at radius 1 is 0.877 bits per heavy atom. The van der Waals surface area contributed by atoms with Gasteiger partial charge in [0.1, 0.15) is 5.82 Å². The Hall–Kier alpha value is -5.35. The predicted molar refractivity (Wildman–Crippen MR) is 221 cm³/mol. The lowest BCUT2D eigenvalue weighted by Crippen LogP contribution is -2.42. The molecule has 8 atom stereocenters. The van der Waals surface area contributed by atoms with Crippen LogP contribution < -0.4 is 5.32 Å². The van der Waals surface area contributed by atoms with Crippen LogP contribution in [0.3, 0.4) is 0 Å². The second kappa shape index (κ2) is 16.6. The molecule has 2 N–H and O–H groups in total. The zero-order chi connectivity index (χ0) is 39.6. The van der Waals surface area contributed by atoms with Gasteiger partial charge in [-0.25, -0.2) is 4.98 Å². The first-order valence-electron chi connectivity index (χ1n) is 20.5. The number of H-pyrrole nitrogens is 1. The standard InChI is InChI=1S/C47H53N5O5/c1-28(30-9-6-5-7-10-30)50-46(54)44-36-21-20-35(23-36)43(44)39-24-37(26-48-39)33-14-12-31(13-15-33)32-16-18-34(19-17-32)40-27-49-45(51-40)41-11-8-22-52(41)47(55)38(29(2)56-3)25-42(53)57-4/h5-7,9-10,12-19,26-29,35-36,38,41,43-44H,8,11,20-25H2,1-4H3,(H,49,51)(H,50,54)/t28-,29+,35?,36?,38-,41-,43?,44+/m0/s1. The largest absolute Gasteiger partial charge is 0.469 e.